The van der Waals surface area contributed by atoms with E-state index in [4.69, 9.17) is 9.84 Å². The van der Waals surface area contributed by atoms with Gasteiger partial charge in [-0.2, -0.15) is 0 Å². The third-order valence-corrected chi connectivity index (χ3v) is 3.25. The van der Waals surface area contributed by atoms with E-state index in [-0.39, 0.29) is 25.0 Å². The number of methoxy groups -OCH3 is 1. The predicted octanol–water partition coefficient (Wildman–Crippen LogP) is 1.67. The van der Waals surface area contributed by atoms with Crippen LogP contribution in [0.5, 0.6) is 5.75 Å². The van der Waals surface area contributed by atoms with Gasteiger partial charge in [0.1, 0.15) is 5.75 Å². The molecule has 0 aliphatic rings. The van der Waals surface area contributed by atoms with E-state index in [9.17, 15) is 9.59 Å². The van der Waals surface area contributed by atoms with E-state index in [0.29, 0.717) is 12.3 Å². The van der Waals surface area contributed by atoms with Crippen LogP contribution in [0.15, 0.2) is 24.3 Å². The van der Waals surface area contributed by atoms with Gasteiger partial charge < -0.3 is 15.2 Å². The molecule has 0 fully saturated rings. The summed E-state index contributed by atoms with van der Waals surface area (Å²) in [6, 6.07) is 7.27. The van der Waals surface area contributed by atoms with Gasteiger partial charge in [0.25, 0.3) is 0 Å². The van der Waals surface area contributed by atoms with E-state index in [2.05, 4.69) is 5.32 Å². The number of nitrogens with zero attached hydrogens (tertiary/aromatic N) is 1. The Balaban J connectivity index is 2.64. The molecule has 1 rings (SSSR count). The number of ether oxygens (including phenoxy) is 1. The number of nitrogens with one attached hydrogen (secondary N) is 1. The van der Waals surface area contributed by atoms with Crippen molar-refractivity contribution >= 4 is 11.9 Å². The summed E-state index contributed by atoms with van der Waals surface area (Å²) in [6.45, 7) is 4.33. The van der Waals surface area contributed by atoms with E-state index in [1.807, 2.05) is 38.1 Å². The smallest absolute Gasteiger partial charge is 0.317 e. The first-order valence-electron chi connectivity index (χ1n) is 7.34. The summed E-state index contributed by atoms with van der Waals surface area (Å²) in [4.78, 5) is 24.5. The highest BCUT2D eigenvalue weighted by Gasteiger charge is 2.17. The van der Waals surface area contributed by atoms with Gasteiger partial charge in [-0.05, 0) is 26.0 Å². The molecule has 1 aromatic rings. The Labute approximate surface area is 131 Å². The zero-order valence-corrected chi connectivity index (χ0v) is 13.3. The summed E-state index contributed by atoms with van der Waals surface area (Å²) < 4.78 is 5.28. The van der Waals surface area contributed by atoms with Gasteiger partial charge in [0.15, 0.2) is 0 Å². The Morgan fingerprint density at radius 1 is 1.32 bits per heavy atom. The number of para-hydroxylation sites is 1. The fourth-order valence-electron chi connectivity index (χ4n) is 2.31. The summed E-state index contributed by atoms with van der Waals surface area (Å²) in [5, 5.41) is 11.7. The van der Waals surface area contributed by atoms with Crippen molar-refractivity contribution in [3.8, 4) is 5.75 Å². The van der Waals surface area contributed by atoms with Gasteiger partial charge >= 0.3 is 5.97 Å². The Hall–Kier alpha value is -2.08. The molecule has 0 bridgehead atoms. The maximum absolute atomic E-state index is 12.1. The molecule has 122 valence electrons. The normalized spacial score (nSPS) is 12.0. The molecule has 6 heteroatoms. The van der Waals surface area contributed by atoms with Gasteiger partial charge in [0.2, 0.25) is 5.91 Å². The van der Waals surface area contributed by atoms with Crippen LogP contribution in [0.3, 0.4) is 0 Å². The second-order valence-electron chi connectivity index (χ2n) is 5.14. The van der Waals surface area contributed by atoms with Crippen LogP contribution in [0.1, 0.15) is 31.9 Å². The van der Waals surface area contributed by atoms with Crippen LogP contribution in [-0.2, 0) is 9.59 Å². The second-order valence-corrected chi connectivity index (χ2v) is 5.14. The van der Waals surface area contributed by atoms with Crippen LogP contribution in [0.25, 0.3) is 0 Å². The summed E-state index contributed by atoms with van der Waals surface area (Å²) in [6.07, 6.45) is 0.794. The van der Waals surface area contributed by atoms with Gasteiger partial charge in [0, 0.05) is 5.56 Å². The minimum atomic E-state index is -0.931. The van der Waals surface area contributed by atoms with Crippen LogP contribution in [0, 0.1) is 0 Å². The lowest BCUT2D eigenvalue weighted by atomic mass is 10.1. The molecule has 1 atom stereocenters. The standard InChI is InChI=1S/C16H24N2O4/c1-4-9-18(11-16(20)21)10-15(19)17-12(2)13-7-5-6-8-14(13)22-3/h5-8,12H,4,9-11H2,1-3H3,(H,17,19)(H,20,21). The monoisotopic (exact) mass is 308 g/mol. The van der Waals surface area contributed by atoms with Gasteiger partial charge in [-0.1, -0.05) is 25.1 Å². The molecule has 0 radical (unpaired) electrons. The fraction of sp³-hybridized carbons (Fsp3) is 0.500. The van der Waals surface area contributed by atoms with Crippen molar-refractivity contribution in [1.82, 2.24) is 10.2 Å². The SMILES string of the molecule is CCCN(CC(=O)O)CC(=O)NC(C)c1ccccc1OC. The number of amides is 1. The predicted molar refractivity (Wildman–Crippen MR) is 83.9 cm³/mol. The molecule has 0 saturated heterocycles. The number of aliphatic carboxylic acids is 1. The van der Waals surface area contributed by atoms with Crippen LogP contribution in [0.2, 0.25) is 0 Å². The molecular weight excluding hydrogens is 284 g/mol. The average Bonchev–Trinajstić information content (AvgIpc) is 2.46. The summed E-state index contributed by atoms with van der Waals surface area (Å²) >= 11 is 0. The Morgan fingerprint density at radius 3 is 2.59 bits per heavy atom. The molecule has 0 spiro atoms. The summed E-state index contributed by atoms with van der Waals surface area (Å²) in [5.74, 6) is -0.418. The van der Waals surface area contributed by atoms with Crippen molar-refractivity contribution in [3.05, 3.63) is 29.8 Å². The molecule has 0 aliphatic heterocycles. The first kappa shape index (κ1) is 18.0. The fourth-order valence-corrected chi connectivity index (χ4v) is 2.31. The lowest BCUT2D eigenvalue weighted by Crippen LogP contribution is -2.41. The zero-order chi connectivity index (χ0) is 16.5. The van der Waals surface area contributed by atoms with Crippen molar-refractivity contribution in [3.63, 3.8) is 0 Å². The largest absolute Gasteiger partial charge is 0.496 e. The molecular formula is C16H24N2O4. The zero-order valence-electron chi connectivity index (χ0n) is 13.3. The van der Waals surface area contributed by atoms with Crippen molar-refractivity contribution in [2.45, 2.75) is 26.3 Å². The number of hydrogen-bond acceptors (Lipinski definition) is 4. The van der Waals surface area contributed by atoms with Crippen LogP contribution in [-0.4, -0.2) is 48.6 Å². The van der Waals surface area contributed by atoms with Gasteiger partial charge in [-0.3, -0.25) is 14.5 Å². The molecule has 22 heavy (non-hydrogen) atoms. The Morgan fingerprint density at radius 2 is 2.00 bits per heavy atom. The molecule has 0 aromatic heterocycles. The summed E-state index contributed by atoms with van der Waals surface area (Å²) in [7, 11) is 1.59. The summed E-state index contributed by atoms with van der Waals surface area (Å²) in [5.41, 5.74) is 0.888. The number of carbonyl (C=O) groups is 2. The number of carbonyl (C=O) groups excluding carboxylic acids is 1. The number of hydrogen-bond donors (Lipinski definition) is 2. The maximum atomic E-state index is 12.1. The third kappa shape index (κ3) is 5.73. The highest BCUT2D eigenvalue weighted by Crippen LogP contribution is 2.24. The molecule has 0 heterocycles. The topological polar surface area (TPSA) is 78.9 Å². The van der Waals surface area contributed by atoms with Crippen LogP contribution in [0.4, 0.5) is 0 Å². The number of rotatable bonds is 9. The van der Waals surface area contributed by atoms with E-state index in [0.717, 1.165) is 12.0 Å². The highest BCUT2D eigenvalue weighted by molar-refractivity contribution is 5.79. The van der Waals surface area contributed by atoms with Crippen molar-refractivity contribution < 1.29 is 19.4 Å². The van der Waals surface area contributed by atoms with Gasteiger partial charge in [-0.15, -0.1) is 0 Å². The number of carboxylic acids is 1. The highest BCUT2D eigenvalue weighted by atomic mass is 16.5. The minimum Gasteiger partial charge on any atom is -0.496 e. The quantitative estimate of drug-likeness (QED) is 0.725. The first-order valence-corrected chi connectivity index (χ1v) is 7.34. The van der Waals surface area contributed by atoms with E-state index < -0.39 is 5.97 Å². The van der Waals surface area contributed by atoms with Crippen molar-refractivity contribution in [2.24, 2.45) is 0 Å². The minimum absolute atomic E-state index is 0.0691. The van der Waals surface area contributed by atoms with Crippen molar-refractivity contribution in [1.29, 1.82) is 0 Å². The van der Waals surface area contributed by atoms with Crippen LogP contribution >= 0.6 is 0 Å². The van der Waals surface area contributed by atoms with Crippen LogP contribution < -0.4 is 10.1 Å². The molecule has 0 aliphatic carbocycles. The lowest BCUT2D eigenvalue weighted by molar-refractivity contribution is -0.138. The van der Waals surface area contributed by atoms with E-state index in [1.165, 1.54) is 0 Å². The first-order chi connectivity index (χ1) is 10.5. The number of carboxylic acid groups (broad SMARTS) is 1. The Kier molecular flexibility index (Phi) is 7.39. The lowest BCUT2D eigenvalue weighted by Gasteiger charge is -2.21. The Bertz CT molecular complexity index is 505. The molecule has 1 aromatic carbocycles. The second kappa shape index (κ2) is 9.04. The number of benzene rings is 1. The molecule has 1 unspecified atom stereocenters. The third-order valence-electron chi connectivity index (χ3n) is 3.25. The van der Waals surface area contributed by atoms with Gasteiger partial charge in [0.05, 0.1) is 26.2 Å². The molecule has 1 amide bonds. The molecule has 6 nitrogen and oxygen atoms in total. The van der Waals surface area contributed by atoms with Gasteiger partial charge in [-0.25, -0.2) is 0 Å². The van der Waals surface area contributed by atoms with E-state index in [1.54, 1.807) is 12.0 Å². The molecule has 2 N–H and O–H groups in total. The maximum Gasteiger partial charge on any atom is 0.317 e. The van der Waals surface area contributed by atoms with Crippen molar-refractivity contribution in [2.75, 3.05) is 26.7 Å². The molecule has 0 saturated carbocycles. The van der Waals surface area contributed by atoms with E-state index >= 15 is 0 Å². The average molecular weight is 308 g/mol.